The zero-order valence-corrected chi connectivity index (χ0v) is 11.3. The van der Waals surface area contributed by atoms with E-state index in [9.17, 15) is 9.90 Å². The summed E-state index contributed by atoms with van der Waals surface area (Å²) in [6.45, 7) is 1.83. The zero-order valence-electron chi connectivity index (χ0n) is 11.3. The number of ether oxygens (including phenoxy) is 1. The number of pyridine rings is 1. The van der Waals surface area contributed by atoms with Crippen molar-refractivity contribution in [2.24, 2.45) is 0 Å². The van der Waals surface area contributed by atoms with Crippen molar-refractivity contribution in [2.45, 2.75) is 6.92 Å². The van der Waals surface area contributed by atoms with Crippen LogP contribution in [0.1, 0.15) is 12.5 Å². The maximum absolute atomic E-state index is 11.2. The van der Waals surface area contributed by atoms with Gasteiger partial charge in [0.1, 0.15) is 5.75 Å². The number of hydrogen-bond donors (Lipinski definition) is 1. The number of phenols is 1. The van der Waals surface area contributed by atoms with Crippen LogP contribution in [-0.4, -0.2) is 23.2 Å². The van der Waals surface area contributed by atoms with Gasteiger partial charge < -0.3 is 9.84 Å². The van der Waals surface area contributed by atoms with Gasteiger partial charge in [-0.25, -0.2) is 4.79 Å². The molecule has 0 fully saturated rings. The van der Waals surface area contributed by atoms with Crippen LogP contribution in [0.25, 0.3) is 16.7 Å². The number of phenolic OH excluding ortho intramolecular Hbond substituents is 1. The van der Waals surface area contributed by atoms with Gasteiger partial charge in [0.25, 0.3) is 0 Å². The summed E-state index contributed by atoms with van der Waals surface area (Å²) < 4.78 is 4.61. The van der Waals surface area contributed by atoms with Crippen LogP contribution in [0.4, 0.5) is 0 Å². The summed E-state index contributed by atoms with van der Waals surface area (Å²) in [7, 11) is 1.34. The molecule has 0 saturated heterocycles. The first kappa shape index (κ1) is 13.8. The maximum atomic E-state index is 11.2. The molecular formula is C16H15NO3. The van der Waals surface area contributed by atoms with Crippen LogP contribution in [0.15, 0.2) is 48.8 Å². The van der Waals surface area contributed by atoms with Gasteiger partial charge >= 0.3 is 5.97 Å². The van der Waals surface area contributed by atoms with Gasteiger partial charge in [0, 0.05) is 24.0 Å². The van der Waals surface area contributed by atoms with Crippen LogP contribution >= 0.6 is 0 Å². The molecule has 1 N–H and O–H groups in total. The molecular weight excluding hydrogens is 254 g/mol. The lowest BCUT2D eigenvalue weighted by molar-refractivity contribution is -0.134. The molecule has 0 saturated carbocycles. The first-order chi connectivity index (χ1) is 9.60. The van der Waals surface area contributed by atoms with Crippen LogP contribution < -0.4 is 0 Å². The van der Waals surface area contributed by atoms with Crippen LogP contribution in [0, 0.1) is 0 Å². The van der Waals surface area contributed by atoms with Crippen LogP contribution in [0.3, 0.4) is 0 Å². The molecule has 102 valence electrons. The number of aromatic nitrogens is 1. The molecule has 2 aromatic rings. The number of benzene rings is 1. The Labute approximate surface area is 117 Å². The van der Waals surface area contributed by atoms with Crippen molar-refractivity contribution in [2.75, 3.05) is 7.11 Å². The fourth-order valence-corrected chi connectivity index (χ4v) is 1.79. The number of carbonyl (C=O) groups excluding carboxylic acids is 1. The fourth-order valence-electron chi connectivity index (χ4n) is 1.79. The van der Waals surface area contributed by atoms with E-state index in [4.69, 9.17) is 0 Å². The lowest BCUT2D eigenvalue weighted by Crippen LogP contribution is -1.96. The average Bonchev–Trinajstić information content (AvgIpc) is 2.48. The number of hydrogen-bond acceptors (Lipinski definition) is 4. The molecule has 4 nitrogen and oxygen atoms in total. The highest BCUT2D eigenvalue weighted by Crippen LogP contribution is 2.24. The van der Waals surface area contributed by atoms with E-state index in [2.05, 4.69) is 9.72 Å². The fraction of sp³-hybridized carbons (Fsp3) is 0.125. The molecule has 1 heterocycles. The Morgan fingerprint density at radius 2 is 1.90 bits per heavy atom. The third kappa shape index (κ3) is 3.23. The number of esters is 1. The predicted molar refractivity (Wildman–Crippen MR) is 77.0 cm³/mol. The van der Waals surface area contributed by atoms with E-state index in [0.29, 0.717) is 0 Å². The lowest BCUT2D eigenvalue weighted by Gasteiger charge is -2.05. The zero-order chi connectivity index (χ0) is 14.5. The highest BCUT2D eigenvalue weighted by Gasteiger charge is 2.04. The number of nitrogens with zero attached hydrogens (tertiary/aromatic N) is 1. The Bertz CT molecular complexity index is 645. The van der Waals surface area contributed by atoms with Gasteiger partial charge in [-0.3, -0.25) is 4.98 Å². The minimum Gasteiger partial charge on any atom is -0.508 e. The Balaban J connectivity index is 2.35. The summed E-state index contributed by atoms with van der Waals surface area (Å²) in [6.07, 6.45) is 4.86. The van der Waals surface area contributed by atoms with Crippen LogP contribution in [-0.2, 0) is 9.53 Å². The van der Waals surface area contributed by atoms with Gasteiger partial charge in [0.2, 0.25) is 0 Å². The van der Waals surface area contributed by atoms with Crippen LogP contribution in [0.2, 0.25) is 0 Å². The summed E-state index contributed by atoms with van der Waals surface area (Å²) in [5, 5.41) is 9.30. The van der Waals surface area contributed by atoms with E-state index in [1.807, 2.05) is 25.1 Å². The quantitative estimate of drug-likeness (QED) is 0.687. The van der Waals surface area contributed by atoms with Gasteiger partial charge in [0.05, 0.1) is 7.11 Å². The first-order valence-corrected chi connectivity index (χ1v) is 6.11. The molecule has 0 bridgehead atoms. The number of carbonyl (C=O) groups is 1. The molecule has 0 spiro atoms. The van der Waals surface area contributed by atoms with Gasteiger partial charge in [-0.15, -0.1) is 0 Å². The second kappa shape index (κ2) is 6.02. The van der Waals surface area contributed by atoms with Gasteiger partial charge in [-0.1, -0.05) is 12.1 Å². The third-order valence-electron chi connectivity index (χ3n) is 2.93. The lowest BCUT2D eigenvalue weighted by atomic mass is 10.0. The second-order valence-corrected chi connectivity index (χ2v) is 4.36. The van der Waals surface area contributed by atoms with Gasteiger partial charge in [-0.05, 0) is 41.8 Å². The standard InChI is InChI=1S/C16H15NO3/c1-11(7-16(19)20-2)13-8-14(10-17-9-13)12-3-5-15(18)6-4-12/h3-10,18H,1-2H3/b11-7+. The molecule has 2 rings (SSSR count). The molecule has 0 aliphatic heterocycles. The summed E-state index contributed by atoms with van der Waals surface area (Å²) in [5.41, 5.74) is 3.49. The predicted octanol–water partition coefficient (Wildman–Crippen LogP) is 3.03. The van der Waals surface area contributed by atoms with E-state index < -0.39 is 5.97 Å². The minimum atomic E-state index is -0.391. The average molecular weight is 269 g/mol. The Hall–Kier alpha value is -2.62. The van der Waals surface area contributed by atoms with Crippen molar-refractivity contribution in [3.05, 3.63) is 54.4 Å². The van der Waals surface area contributed by atoms with E-state index in [0.717, 1.165) is 22.3 Å². The SMILES string of the molecule is COC(=O)/C=C(\C)c1cncc(-c2ccc(O)cc2)c1. The smallest absolute Gasteiger partial charge is 0.330 e. The molecule has 0 unspecified atom stereocenters. The molecule has 1 aromatic carbocycles. The highest BCUT2D eigenvalue weighted by atomic mass is 16.5. The minimum absolute atomic E-state index is 0.222. The largest absolute Gasteiger partial charge is 0.508 e. The van der Waals surface area contributed by atoms with Crippen molar-refractivity contribution in [1.29, 1.82) is 0 Å². The van der Waals surface area contributed by atoms with E-state index in [1.165, 1.54) is 13.2 Å². The number of allylic oxidation sites excluding steroid dienone is 1. The normalized spacial score (nSPS) is 11.2. The molecule has 0 radical (unpaired) electrons. The Kier molecular flexibility index (Phi) is 4.15. The molecule has 20 heavy (non-hydrogen) atoms. The summed E-state index contributed by atoms with van der Waals surface area (Å²) in [4.78, 5) is 15.4. The Morgan fingerprint density at radius 1 is 1.20 bits per heavy atom. The van der Waals surface area contributed by atoms with Gasteiger partial charge in [0.15, 0.2) is 0 Å². The maximum Gasteiger partial charge on any atom is 0.330 e. The molecule has 0 aliphatic carbocycles. The molecule has 4 heteroatoms. The number of rotatable bonds is 3. The van der Waals surface area contributed by atoms with E-state index in [1.54, 1.807) is 24.5 Å². The first-order valence-electron chi connectivity index (χ1n) is 6.11. The summed E-state index contributed by atoms with van der Waals surface area (Å²) >= 11 is 0. The number of methoxy groups -OCH3 is 1. The molecule has 0 aliphatic rings. The topological polar surface area (TPSA) is 59.4 Å². The molecule has 0 atom stereocenters. The summed E-state index contributed by atoms with van der Waals surface area (Å²) in [5.74, 6) is -0.169. The van der Waals surface area contributed by atoms with Crippen LogP contribution in [0.5, 0.6) is 5.75 Å². The number of aromatic hydroxyl groups is 1. The van der Waals surface area contributed by atoms with Crippen molar-refractivity contribution in [1.82, 2.24) is 4.98 Å². The monoisotopic (exact) mass is 269 g/mol. The third-order valence-corrected chi connectivity index (χ3v) is 2.93. The van der Waals surface area contributed by atoms with E-state index >= 15 is 0 Å². The van der Waals surface area contributed by atoms with Crippen molar-refractivity contribution in [3.63, 3.8) is 0 Å². The molecule has 1 aromatic heterocycles. The Morgan fingerprint density at radius 3 is 2.55 bits per heavy atom. The van der Waals surface area contributed by atoms with Crippen molar-refractivity contribution >= 4 is 11.5 Å². The van der Waals surface area contributed by atoms with Gasteiger partial charge in [-0.2, -0.15) is 0 Å². The highest BCUT2D eigenvalue weighted by molar-refractivity contribution is 5.91. The second-order valence-electron chi connectivity index (χ2n) is 4.36. The van der Waals surface area contributed by atoms with E-state index in [-0.39, 0.29) is 5.75 Å². The summed E-state index contributed by atoms with van der Waals surface area (Å²) in [6, 6.07) is 8.82. The molecule has 0 amide bonds. The van der Waals surface area contributed by atoms with Crippen molar-refractivity contribution in [3.8, 4) is 16.9 Å². The van der Waals surface area contributed by atoms with Crippen molar-refractivity contribution < 1.29 is 14.6 Å².